The Morgan fingerprint density at radius 1 is 1.30 bits per heavy atom. The molecule has 1 fully saturated rings. The second-order valence-electron chi connectivity index (χ2n) is 5.69. The number of carbonyl (C=O) groups excluding carboxylic acids is 1. The average Bonchev–Trinajstić information content (AvgIpc) is 2.92. The summed E-state index contributed by atoms with van der Waals surface area (Å²) in [6.45, 7) is 2.46. The molecule has 0 unspecified atom stereocenters. The molecule has 0 aliphatic carbocycles. The van der Waals surface area contributed by atoms with Crippen molar-refractivity contribution in [1.29, 1.82) is 0 Å². The molecule has 0 bridgehead atoms. The van der Waals surface area contributed by atoms with Crippen LogP contribution in [0.3, 0.4) is 0 Å². The molecule has 7 heteroatoms. The first-order chi connectivity index (χ1) is 13.0. The molecule has 3 rings (SSSR count). The van der Waals surface area contributed by atoms with Gasteiger partial charge in [-0.15, -0.1) is 11.8 Å². The Labute approximate surface area is 172 Å². The van der Waals surface area contributed by atoms with Crippen LogP contribution in [0.5, 0.6) is 5.75 Å². The molecule has 2 aromatic carbocycles. The van der Waals surface area contributed by atoms with Gasteiger partial charge in [-0.25, -0.2) is 4.99 Å². The second-order valence-corrected chi connectivity index (χ2v) is 8.01. The molecular weight excluding hydrogens is 400 g/mol. The van der Waals surface area contributed by atoms with Gasteiger partial charge in [-0.3, -0.25) is 9.69 Å². The molecule has 1 aliphatic rings. The molecule has 0 atom stereocenters. The van der Waals surface area contributed by atoms with Gasteiger partial charge in [0.1, 0.15) is 5.75 Å². The highest BCUT2D eigenvalue weighted by Crippen LogP contribution is 2.35. The third-order valence-corrected chi connectivity index (χ3v) is 5.86. The smallest absolute Gasteiger partial charge is 0.266 e. The summed E-state index contributed by atoms with van der Waals surface area (Å²) in [5, 5.41) is 1.24. The zero-order valence-corrected chi connectivity index (χ0v) is 17.6. The molecular formula is C20H19ClN2O2S2. The summed E-state index contributed by atoms with van der Waals surface area (Å²) in [5.74, 6) is 0.603. The number of carbonyl (C=O) groups is 1. The van der Waals surface area contributed by atoms with Crippen LogP contribution in [0.1, 0.15) is 12.5 Å². The van der Waals surface area contributed by atoms with E-state index in [1.807, 2.05) is 43.5 Å². The molecule has 0 N–H and O–H groups in total. The minimum atomic E-state index is -0.0952. The zero-order valence-electron chi connectivity index (χ0n) is 15.2. The normalized spacial score (nSPS) is 17.2. The topological polar surface area (TPSA) is 41.9 Å². The minimum absolute atomic E-state index is 0.0952. The Kier molecular flexibility index (Phi) is 6.52. The molecule has 1 saturated heterocycles. The third-order valence-electron chi connectivity index (χ3n) is 3.84. The van der Waals surface area contributed by atoms with E-state index < -0.39 is 0 Å². The van der Waals surface area contributed by atoms with Crippen LogP contribution in [0.4, 0.5) is 5.69 Å². The van der Waals surface area contributed by atoms with E-state index in [1.54, 1.807) is 41.9 Å². The number of amides is 1. The van der Waals surface area contributed by atoms with Gasteiger partial charge in [-0.2, -0.15) is 0 Å². The number of likely N-dealkylation sites (N-methyl/N-ethyl adjacent to an activating group) is 1. The molecule has 0 spiro atoms. The highest BCUT2D eigenvalue weighted by molar-refractivity contribution is 8.18. The first-order valence-electron chi connectivity index (χ1n) is 8.34. The molecule has 0 saturated carbocycles. The largest absolute Gasteiger partial charge is 0.493 e. The predicted molar refractivity (Wildman–Crippen MR) is 116 cm³/mol. The number of hydrogen-bond donors (Lipinski definition) is 0. The van der Waals surface area contributed by atoms with E-state index in [1.165, 1.54) is 11.8 Å². The molecule has 4 nitrogen and oxygen atoms in total. The number of ether oxygens (including phenoxy) is 1. The van der Waals surface area contributed by atoms with Crippen molar-refractivity contribution >= 4 is 58.0 Å². The molecule has 1 heterocycles. The van der Waals surface area contributed by atoms with Crippen LogP contribution in [0.25, 0.3) is 6.08 Å². The molecule has 0 radical (unpaired) electrons. The van der Waals surface area contributed by atoms with E-state index in [-0.39, 0.29) is 5.91 Å². The minimum Gasteiger partial charge on any atom is -0.493 e. The van der Waals surface area contributed by atoms with E-state index in [9.17, 15) is 4.79 Å². The maximum absolute atomic E-state index is 12.7. The van der Waals surface area contributed by atoms with E-state index in [0.29, 0.717) is 27.5 Å². The predicted octanol–water partition coefficient (Wildman–Crippen LogP) is 5.69. The molecule has 2 aromatic rings. The highest BCUT2D eigenvalue weighted by atomic mass is 35.5. The molecule has 27 heavy (non-hydrogen) atoms. The van der Waals surface area contributed by atoms with Gasteiger partial charge in [0, 0.05) is 22.5 Å². The van der Waals surface area contributed by atoms with Gasteiger partial charge in [0.25, 0.3) is 5.91 Å². The van der Waals surface area contributed by atoms with E-state index in [0.717, 1.165) is 16.1 Å². The van der Waals surface area contributed by atoms with Gasteiger partial charge in [0.15, 0.2) is 5.17 Å². The standard InChI is InChI=1S/C20H19ClN2O2S2/c1-4-25-17-9-8-14(21)10-13(17)11-18-19(24)23(2)20(27-18)22-15-6-5-7-16(12-15)26-3/h5-12H,4H2,1-3H3/b18-11+,22-20?. The van der Waals surface area contributed by atoms with Crippen LogP contribution < -0.4 is 4.74 Å². The lowest BCUT2D eigenvalue weighted by atomic mass is 10.2. The summed E-state index contributed by atoms with van der Waals surface area (Å²) in [7, 11) is 1.73. The monoisotopic (exact) mass is 418 g/mol. The summed E-state index contributed by atoms with van der Waals surface area (Å²) in [5.41, 5.74) is 1.60. The van der Waals surface area contributed by atoms with Crippen LogP contribution in [0.15, 0.2) is 57.3 Å². The van der Waals surface area contributed by atoms with Crippen LogP contribution >= 0.6 is 35.1 Å². The van der Waals surface area contributed by atoms with Crippen molar-refractivity contribution in [2.45, 2.75) is 11.8 Å². The van der Waals surface area contributed by atoms with E-state index in [2.05, 4.69) is 4.99 Å². The number of thioether (sulfide) groups is 2. The lowest BCUT2D eigenvalue weighted by Crippen LogP contribution is -2.23. The van der Waals surface area contributed by atoms with Gasteiger partial charge < -0.3 is 4.74 Å². The lowest BCUT2D eigenvalue weighted by Gasteiger charge is -2.08. The Balaban J connectivity index is 1.93. The van der Waals surface area contributed by atoms with Crippen molar-refractivity contribution in [3.63, 3.8) is 0 Å². The van der Waals surface area contributed by atoms with Crippen LogP contribution in [-0.4, -0.2) is 35.9 Å². The third kappa shape index (κ3) is 4.69. The van der Waals surface area contributed by atoms with Crippen molar-refractivity contribution in [3.05, 3.63) is 58.0 Å². The molecule has 1 aliphatic heterocycles. The fraction of sp³-hybridized carbons (Fsp3) is 0.200. The number of benzene rings is 2. The van der Waals surface area contributed by atoms with Crippen molar-refractivity contribution in [2.75, 3.05) is 19.9 Å². The Morgan fingerprint density at radius 3 is 2.85 bits per heavy atom. The van der Waals surface area contributed by atoms with Crippen LogP contribution in [0, 0.1) is 0 Å². The maximum Gasteiger partial charge on any atom is 0.266 e. The molecule has 1 amide bonds. The highest BCUT2D eigenvalue weighted by Gasteiger charge is 2.30. The number of aliphatic imine (C=N–C) groups is 1. The fourth-order valence-electron chi connectivity index (χ4n) is 2.50. The fourth-order valence-corrected chi connectivity index (χ4v) is 4.11. The van der Waals surface area contributed by atoms with Gasteiger partial charge >= 0.3 is 0 Å². The Hall–Kier alpha value is -1.89. The molecule has 140 valence electrons. The summed E-state index contributed by atoms with van der Waals surface area (Å²) in [6.07, 6.45) is 3.83. The average molecular weight is 419 g/mol. The number of rotatable bonds is 5. The first kappa shape index (κ1) is 19.9. The van der Waals surface area contributed by atoms with Crippen molar-refractivity contribution in [3.8, 4) is 5.75 Å². The maximum atomic E-state index is 12.7. The molecule has 0 aromatic heterocycles. The van der Waals surface area contributed by atoms with Crippen LogP contribution in [0.2, 0.25) is 5.02 Å². The Bertz CT molecular complexity index is 928. The van der Waals surface area contributed by atoms with Crippen molar-refractivity contribution < 1.29 is 9.53 Å². The van der Waals surface area contributed by atoms with E-state index in [4.69, 9.17) is 16.3 Å². The first-order valence-corrected chi connectivity index (χ1v) is 10.8. The number of nitrogens with zero attached hydrogens (tertiary/aromatic N) is 2. The summed E-state index contributed by atoms with van der Waals surface area (Å²) >= 11 is 9.12. The summed E-state index contributed by atoms with van der Waals surface area (Å²) in [6, 6.07) is 13.3. The zero-order chi connectivity index (χ0) is 19.4. The van der Waals surface area contributed by atoms with Gasteiger partial charge in [-0.1, -0.05) is 17.7 Å². The SMILES string of the molecule is CCOc1ccc(Cl)cc1/C=C1/SC(=Nc2cccc(SC)c2)N(C)C1=O. The number of amidine groups is 1. The van der Waals surface area contributed by atoms with E-state index >= 15 is 0 Å². The summed E-state index contributed by atoms with van der Waals surface area (Å²) in [4.78, 5) is 20.6. The lowest BCUT2D eigenvalue weighted by molar-refractivity contribution is -0.121. The quantitative estimate of drug-likeness (QED) is 0.461. The number of hydrogen-bond acceptors (Lipinski definition) is 5. The van der Waals surface area contributed by atoms with Crippen molar-refractivity contribution in [1.82, 2.24) is 4.90 Å². The van der Waals surface area contributed by atoms with Gasteiger partial charge in [0.2, 0.25) is 0 Å². The van der Waals surface area contributed by atoms with Gasteiger partial charge in [0.05, 0.1) is 17.2 Å². The Morgan fingerprint density at radius 2 is 2.11 bits per heavy atom. The van der Waals surface area contributed by atoms with Crippen molar-refractivity contribution in [2.24, 2.45) is 4.99 Å². The second kappa shape index (κ2) is 8.87. The van der Waals surface area contributed by atoms with Crippen LogP contribution in [-0.2, 0) is 4.79 Å². The summed E-state index contributed by atoms with van der Waals surface area (Å²) < 4.78 is 5.64. The number of halogens is 1. The van der Waals surface area contributed by atoms with Gasteiger partial charge in [-0.05, 0) is 67.4 Å².